The number of halogens is 1. The van der Waals surface area contributed by atoms with Crippen LogP contribution in [0.3, 0.4) is 0 Å². The molecular formula is C10H12BrNO. The van der Waals surface area contributed by atoms with E-state index >= 15 is 0 Å². The zero-order valence-corrected chi connectivity index (χ0v) is 9.08. The molecule has 1 rings (SSSR count). The summed E-state index contributed by atoms with van der Waals surface area (Å²) in [7, 11) is 0. The number of aliphatic hydroxyl groups is 1. The molecule has 0 radical (unpaired) electrons. The van der Waals surface area contributed by atoms with Gasteiger partial charge in [0.1, 0.15) is 0 Å². The van der Waals surface area contributed by atoms with Crippen LogP contribution < -0.4 is 0 Å². The maximum Gasteiger partial charge on any atom is 0.0820 e. The first-order valence-electron chi connectivity index (χ1n) is 4.05. The Morgan fingerprint density at radius 3 is 3.15 bits per heavy atom. The molecule has 0 saturated heterocycles. The molecular weight excluding hydrogens is 230 g/mol. The first kappa shape index (κ1) is 10.4. The van der Waals surface area contributed by atoms with Crippen LogP contribution in [-0.4, -0.2) is 17.4 Å². The highest BCUT2D eigenvalue weighted by Crippen LogP contribution is 2.18. The van der Waals surface area contributed by atoms with Gasteiger partial charge in [0.25, 0.3) is 0 Å². The molecule has 0 bridgehead atoms. The summed E-state index contributed by atoms with van der Waals surface area (Å²) in [5.74, 6) is 0. The van der Waals surface area contributed by atoms with E-state index in [0.29, 0.717) is 6.42 Å². The Kier molecular flexibility index (Phi) is 3.63. The molecule has 0 spiro atoms. The number of rotatable bonds is 2. The van der Waals surface area contributed by atoms with Crippen molar-refractivity contribution in [1.82, 2.24) is 0 Å². The van der Waals surface area contributed by atoms with Crippen molar-refractivity contribution in [3.05, 3.63) is 34.5 Å². The molecule has 1 atom stereocenters. The van der Waals surface area contributed by atoms with Crippen molar-refractivity contribution >= 4 is 22.1 Å². The van der Waals surface area contributed by atoms with Crippen LogP contribution in [0.25, 0.3) is 0 Å². The van der Waals surface area contributed by atoms with Crippen LogP contribution in [0.1, 0.15) is 13.3 Å². The van der Waals surface area contributed by atoms with E-state index in [1.165, 1.54) is 0 Å². The lowest BCUT2D eigenvalue weighted by Gasteiger charge is -2.14. The molecule has 3 heteroatoms. The van der Waals surface area contributed by atoms with Gasteiger partial charge in [0, 0.05) is 17.1 Å². The molecule has 1 unspecified atom stereocenters. The average molecular weight is 242 g/mol. The zero-order valence-electron chi connectivity index (χ0n) is 7.50. The topological polar surface area (TPSA) is 32.6 Å². The van der Waals surface area contributed by atoms with Crippen molar-refractivity contribution in [1.29, 1.82) is 0 Å². The normalized spacial score (nSPS) is 22.8. The maximum atomic E-state index is 9.50. The Morgan fingerprint density at radius 2 is 2.54 bits per heavy atom. The van der Waals surface area contributed by atoms with Crippen LogP contribution in [0.4, 0.5) is 0 Å². The second kappa shape index (κ2) is 4.53. The van der Waals surface area contributed by atoms with Crippen LogP contribution in [0.15, 0.2) is 39.5 Å². The predicted octanol–water partition coefficient (Wildman–Crippen LogP) is 2.56. The highest BCUT2D eigenvalue weighted by atomic mass is 79.9. The molecule has 0 fully saturated rings. The monoisotopic (exact) mass is 241 g/mol. The molecule has 0 saturated carbocycles. The van der Waals surface area contributed by atoms with E-state index in [0.717, 1.165) is 15.8 Å². The molecule has 0 aromatic heterocycles. The van der Waals surface area contributed by atoms with Crippen molar-refractivity contribution in [2.45, 2.75) is 19.4 Å². The molecule has 2 nitrogen and oxygen atoms in total. The highest BCUT2D eigenvalue weighted by molar-refractivity contribution is 9.11. The maximum absolute atomic E-state index is 9.50. The fraction of sp³-hybridized carbons (Fsp3) is 0.300. The minimum absolute atomic E-state index is 0.388. The lowest BCUT2D eigenvalue weighted by Crippen LogP contribution is -2.13. The van der Waals surface area contributed by atoms with E-state index in [9.17, 15) is 5.11 Å². The summed E-state index contributed by atoms with van der Waals surface area (Å²) in [5, 5.41) is 9.50. The Balaban J connectivity index is 2.84. The van der Waals surface area contributed by atoms with Crippen LogP contribution in [0, 0.1) is 0 Å². The molecule has 1 heterocycles. The Morgan fingerprint density at radius 1 is 1.85 bits per heavy atom. The zero-order chi connectivity index (χ0) is 9.84. The molecule has 1 aliphatic rings. The summed E-state index contributed by atoms with van der Waals surface area (Å²) in [5.41, 5.74) is 1.73. The third-order valence-corrected chi connectivity index (χ3v) is 2.15. The third kappa shape index (κ3) is 2.94. The molecule has 70 valence electrons. The van der Waals surface area contributed by atoms with Crippen molar-refractivity contribution in [3.8, 4) is 0 Å². The number of aliphatic imine (C=N–C) groups is 1. The second-order valence-corrected chi connectivity index (χ2v) is 3.93. The second-order valence-electron chi connectivity index (χ2n) is 2.91. The van der Waals surface area contributed by atoms with Gasteiger partial charge in [0.15, 0.2) is 0 Å². The summed E-state index contributed by atoms with van der Waals surface area (Å²) in [4.78, 5) is 4.18. The van der Waals surface area contributed by atoms with Gasteiger partial charge in [0.05, 0.1) is 11.8 Å². The van der Waals surface area contributed by atoms with Gasteiger partial charge in [-0.3, -0.25) is 4.99 Å². The SMILES string of the molecule is C=C(Br)/C=C\C1=C(C)C(O)CC=N1. The third-order valence-electron chi connectivity index (χ3n) is 1.88. The molecule has 0 amide bonds. The van der Waals surface area contributed by atoms with Crippen molar-refractivity contribution in [2.75, 3.05) is 0 Å². The minimum Gasteiger partial charge on any atom is -0.388 e. The molecule has 13 heavy (non-hydrogen) atoms. The van der Waals surface area contributed by atoms with Crippen molar-refractivity contribution in [2.24, 2.45) is 4.99 Å². The average Bonchev–Trinajstić information content (AvgIpc) is 2.07. The summed E-state index contributed by atoms with van der Waals surface area (Å²) < 4.78 is 0.795. The fourth-order valence-electron chi connectivity index (χ4n) is 1.04. The molecule has 1 aliphatic heterocycles. The van der Waals surface area contributed by atoms with Gasteiger partial charge in [-0.1, -0.05) is 22.5 Å². The number of nitrogens with zero attached hydrogens (tertiary/aromatic N) is 1. The molecule has 0 aliphatic carbocycles. The van der Waals surface area contributed by atoms with Gasteiger partial charge in [-0.25, -0.2) is 0 Å². The number of aliphatic hydroxyl groups excluding tert-OH is 1. The van der Waals surface area contributed by atoms with Gasteiger partial charge >= 0.3 is 0 Å². The highest BCUT2D eigenvalue weighted by Gasteiger charge is 2.12. The van der Waals surface area contributed by atoms with E-state index in [4.69, 9.17) is 0 Å². The van der Waals surface area contributed by atoms with E-state index in [2.05, 4.69) is 27.5 Å². The largest absolute Gasteiger partial charge is 0.388 e. The van der Waals surface area contributed by atoms with E-state index in [-0.39, 0.29) is 6.10 Å². The van der Waals surface area contributed by atoms with Crippen LogP contribution in [0.5, 0.6) is 0 Å². The van der Waals surface area contributed by atoms with Gasteiger partial charge in [0.2, 0.25) is 0 Å². The minimum atomic E-state index is -0.388. The smallest absolute Gasteiger partial charge is 0.0820 e. The van der Waals surface area contributed by atoms with E-state index in [1.54, 1.807) is 6.21 Å². The summed E-state index contributed by atoms with van der Waals surface area (Å²) in [6.45, 7) is 5.56. The fourth-order valence-corrected chi connectivity index (χ4v) is 1.18. The quantitative estimate of drug-likeness (QED) is 0.741. The number of hydrogen-bond acceptors (Lipinski definition) is 2. The predicted molar refractivity (Wildman–Crippen MR) is 59.0 cm³/mol. The first-order valence-corrected chi connectivity index (χ1v) is 4.84. The number of hydrogen-bond donors (Lipinski definition) is 1. The summed E-state index contributed by atoms with van der Waals surface area (Å²) >= 11 is 3.22. The molecule has 1 N–H and O–H groups in total. The van der Waals surface area contributed by atoms with Crippen LogP contribution >= 0.6 is 15.9 Å². The lowest BCUT2D eigenvalue weighted by atomic mass is 10.0. The Hall–Kier alpha value is -0.670. The lowest BCUT2D eigenvalue weighted by molar-refractivity contribution is 0.217. The number of allylic oxidation sites excluding steroid dienone is 3. The van der Waals surface area contributed by atoms with Crippen LogP contribution in [0.2, 0.25) is 0 Å². The summed E-state index contributed by atoms with van der Waals surface area (Å²) in [6.07, 6.45) is 5.60. The Bertz CT molecular complexity index is 302. The van der Waals surface area contributed by atoms with Gasteiger partial charge in [-0.15, -0.1) is 0 Å². The summed E-state index contributed by atoms with van der Waals surface area (Å²) in [6, 6.07) is 0. The Labute approximate surface area is 86.5 Å². The molecule has 0 aromatic rings. The van der Waals surface area contributed by atoms with E-state index in [1.807, 2.05) is 19.1 Å². The van der Waals surface area contributed by atoms with Gasteiger partial charge in [-0.2, -0.15) is 0 Å². The van der Waals surface area contributed by atoms with E-state index < -0.39 is 0 Å². The standard InChI is InChI=1S/C10H12BrNO/c1-7(11)3-4-9-8(2)10(13)5-6-12-9/h3-4,6,10,13H,1,5H2,2H3/b4-3-. The van der Waals surface area contributed by atoms with Gasteiger partial charge < -0.3 is 5.11 Å². The van der Waals surface area contributed by atoms with Gasteiger partial charge in [-0.05, 0) is 24.6 Å². The molecule has 0 aromatic carbocycles. The van der Waals surface area contributed by atoms with Crippen molar-refractivity contribution < 1.29 is 5.11 Å². The van der Waals surface area contributed by atoms with Crippen LogP contribution in [-0.2, 0) is 0 Å². The van der Waals surface area contributed by atoms with Crippen molar-refractivity contribution in [3.63, 3.8) is 0 Å². The first-order chi connectivity index (χ1) is 6.11.